The molecule has 7 heteroatoms. The molecule has 1 aliphatic carbocycles. The van der Waals surface area contributed by atoms with E-state index < -0.39 is 4.92 Å². The fourth-order valence-corrected chi connectivity index (χ4v) is 3.08. The molecule has 110 valence electrons. The Morgan fingerprint density at radius 1 is 1.55 bits per heavy atom. The van der Waals surface area contributed by atoms with E-state index in [2.05, 4.69) is 20.9 Å². The van der Waals surface area contributed by atoms with E-state index >= 15 is 0 Å². The molecular formula is C13H18BrN3O3. The number of pyridine rings is 1. The van der Waals surface area contributed by atoms with E-state index in [1.807, 2.05) is 0 Å². The molecule has 20 heavy (non-hydrogen) atoms. The number of nitrogens with two attached hydrogens (primary N) is 1. The van der Waals surface area contributed by atoms with Gasteiger partial charge in [0.05, 0.1) is 16.0 Å². The van der Waals surface area contributed by atoms with Gasteiger partial charge in [-0.25, -0.2) is 4.98 Å². The van der Waals surface area contributed by atoms with E-state index in [0.717, 1.165) is 12.8 Å². The summed E-state index contributed by atoms with van der Waals surface area (Å²) in [5.74, 6) is 1.37. The van der Waals surface area contributed by atoms with Crippen LogP contribution in [0.1, 0.15) is 24.8 Å². The number of ether oxygens (including phenoxy) is 1. The van der Waals surface area contributed by atoms with Crippen LogP contribution in [-0.4, -0.2) is 23.1 Å². The van der Waals surface area contributed by atoms with Crippen molar-refractivity contribution in [3.63, 3.8) is 0 Å². The first kappa shape index (κ1) is 15.2. The van der Waals surface area contributed by atoms with Crippen LogP contribution in [0.5, 0.6) is 5.88 Å². The van der Waals surface area contributed by atoms with Gasteiger partial charge in [0.15, 0.2) is 0 Å². The monoisotopic (exact) mass is 343 g/mol. The van der Waals surface area contributed by atoms with Crippen molar-refractivity contribution in [2.75, 3.05) is 13.2 Å². The maximum absolute atomic E-state index is 10.8. The Kier molecular flexibility index (Phi) is 4.93. The van der Waals surface area contributed by atoms with E-state index in [4.69, 9.17) is 10.5 Å². The van der Waals surface area contributed by atoms with Gasteiger partial charge < -0.3 is 10.5 Å². The van der Waals surface area contributed by atoms with Crippen LogP contribution in [0.2, 0.25) is 0 Å². The summed E-state index contributed by atoms with van der Waals surface area (Å²) in [4.78, 5) is 14.4. The van der Waals surface area contributed by atoms with Crippen LogP contribution < -0.4 is 10.5 Å². The number of hydrogen-bond donors (Lipinski definition) is 1. The molecule has 2 unspecified atom stereocenters. The quantitative estimate of drug-likeness (QED) is 0.655. The summed E-state index contributed by atoms with van der Waals surface area (Å²) in [7, 11) is 0. The van der Waals surface area contributed by atoms with Gasteiger partial charge in [-0.2, -0.15) is 0 Å². The van der Waals surface area contributed by atoms with Crippen molar-refractivity contribution in [1.29, 1.82) is 0 Å². The fraction of sp³-hybridized carbons (Fsp3) is 0.615. The first-order valence-electron chi connectivity index (χ1n) is 6.67. The highest BCUT2D eigenvalue weighted by molar-refractivity contribution is 9.10. The number of rotatable bonds is 5. The molecule has 0 bridgehead atoms. The van der Waals surface area contributed by atoms with Gasteiger partial charge in [-0.1, -0.05) is 6.42 Å². The summed E-state index contributed by atoms with van der Waals surface area (Å²) in [5.41, 5.74) is 6.27. The molecule has 2 N–H and O–H groups in total. The third kappa shape index (κ3) is 3.09. The fourth-order valence-electron chi connectivity index (χ4n) is 2.66. The Morgan fingerprint density at radius 2 is 2.25 bits per heavy atom. The first-order chi connectivity index (χ1) is 9.54. The summed E-state index contributed by atoms with van der Waals surface area (Å²) in [6.45, 7) is 2.92. The van der Waals surface area contributed by atoms with Gasteiger partial charge >= 0.3 is 0 Å². The van der Waals surface area contributed by atoms with Gasteiger partial charge in [-0.05, 0) is 54.1 Å². The lowest BCUT2D eigenvalue weighted by Crippen LogP contribution is -2.23. The largest absolute Gasteiger partial charge is 0.477 e. The Hall–Kier alpha value is -1.21. The predicted molar refractivity (Wildman–Crippen MR) is 78.7 cm³/mol. The minimum atomic E-state index is -0.446. The molecule has 0 saturated heterocycles. The van der Waals surface area contributed by atoms with Crippen LogP contribution in [0.15, 0.2) is 10.7 Å². The molecule has 1 fully saturated rings. The Morgan fingerprint density at radius 3 is 2.90 bits per heavy atom. The Balaban J connectivity index is 2.07. The Bertz CT molecular complexity index is 510. The second-order valence-corrected chi connectivity index (χ2v) is 5.94. The molecular weight excluding hydrogens is 326 g/mol. The predicted octanol–water partition coefficient (Wildman–Crippen LogP) is 2.81. The summed E-state index contributed by atoms with van der Waals surface area (Å²) in [6.07, 6.45) is 4.69. The highest BCUT2D eigenvalue weighted by Crippen LogP contribution is 2.34. The van der Waals surface area contributed by atoms with E-state index in [0.29, 0.717) is 40.9 Å². The van der Waals surface area contributed by atoms with Crippen molar-refractivity contribution in [3.05, 3.63) is 26.3 Å². The lowest BCUT2D eigenvalue weighted by molar-refractivity contribution is -0.385. The van der Waals surface area contributed by atoms with Gasteiger partial charge in [-0.15, -0.1) is 0 Å². The molecule has 1 saturated carbocycles. The highest BCUT2D eigenvalue weighted by atomic mass is 79.9. The Labute approximate surface area is 126 Å². The molecule has 0 aromatic carbocycles. The summed E-state index contributed by atoms with van der Waals surface area (Å²) >= 11 is 3.32. The van der Waals surface area contributed by atoms with Crippen LogP contribution >= 0.6 is 15.9 Å². The van der Waals surface area contributed by atoms with Gasteiger partial charge in [-0.3, -0.25) is 10.1 Å². The molecule has 2 rings (SSSR count). The summed E-state index contributed by atoms with van der Waals surface area (Å²) in [6, 6.07) is 0. The summed E-state index contributed by atoms with van der Waals surface area (Å²) < 4.78 is 6.28. The van der Waals surface area contributed by atoms with Crippen LogP contribution in [0.3, 0.4) is 0 Å². The van der Waals surface area contributed by atoms with Crippen LogP contribution in [0.4, 0.5) is 5.69 Å². The zero-order chi connectivity index (χ0) is 14.7. The lowest BCUT2D eigenvalue weighted by atomic mass is 9.97. The third-order valence-corrected chi connectivity index (χ3v) is 4.89. The van der Waals surface area contributed by atoms with Crippen LogP contribution in [0, 0.1) is 28.9 Å². The third-order valence-electron chi connectivity index (χ3n) is 3.96. The van der Waals surface area contributed by atoms with E-state index in [9.17, 15) is 10.1 Å². The highest BCUT2D eigenvalue weighted by Gasteiger charge is 2.27. The zero-order valence-electron chi connectivity index (χ0n) is 11.3. The molecule has 0 aliphatic heterocycles. The summed E-state index contributed by atoms with van der Waals surface area (Å²) in [5, 5.41) is 10.8. The van der Waals surface area contributed by atoms with Crippen molar-refractivity contribution < 1.29 is 9.66 Å². The lowest BCUT2D eigenvalue weighted by Gasteiger charge is -2.18. The number of aromatic nitrogens is 1. The van der Waals surface area contributed by atoms with E-state index in [-0.39, 0.29) is 5.69 Å². The molecule has 1 aromatic heterocycles. The minimum Gasteiger partial charge on any atom is -0.477 e. The van der Waals surface area contributed by atoms with Gasteiger partial charge in [0.1, 0.15) is 6.20 Å². The van der Waals surface area contributed by atoms with Crippen molar-refractivity contribution >= 4 is 21.6 Å². The topological polar surface area (TPSA) is 91.3 Å². The van der Waals surface area contributed by atoms with Gasteiger partial charge in [0, 0.05) is 5.56 Å². The number of hydrogen-bond acceptors (Lipinski definition) is 5. The van der Waals surface area contributed by atoms with Gasteiger partial charge in [0.2, 0.25) is 5.88 Å². The first-order valence-corrected chi connectivity index (χ1v) is 7.46. The van der Waals surface area contributed by atoms with Crippen LogP contribution in [0.25, 0.3) is 0 Å². The standard InChI is InChI=1S/C13H18BrN3O3/c1-8-11(17(18)19)6-16-13(12(8)14)20-7-10-4-2-3-9(10)5-15/h6,9-10H,2-5,7,15H2,1H3. The molecule has 6 nitrogen and oxygen atoms in total. The van der Waals surface area contributed by atoms with Crippen molar-refractivity contribution in [2.24, 2.45) is 17.6 Å². The maximum atomic E-state index is 10.8. The normalized spacial score (nSPS) is 21.9. The zero-order valence-corrected chi connectivity index (χ0v) is 12.9. The molecule has 0 spiro atoms. The number of nitrogens with zero attached hydrogens (tertiary/aromatic N) is 2. The SMILES string of the molecule is Cc1c([N+](=O)[O-])cnc(OCC2CCCC2CN)c1Br. The number of nitro groups is 1. The van der Waals surface area contributed by atoms with Crippen LogP contribution in [-0.2, 0) is 0 Å². The van der Waals surface area contributed by atoms with Crippen molar-refractivity contribution in [3.8, 4) is 5.88 Å². The van der Waals surface area contributed by atoms with Gasteiger partial charge in [0.25, 0.3) is 5.69 Å². The second kappa shape index (κ2) is 6.49. The maximum Gasteiger partial charge on any atom is 0.291 e. The average molecular weight is 344 g/mol. The molecule has 0 radical (unpaired) electrons. The second-order valence-electron chi connectivity index (χ2n) is 5.14. The average Bonchev–Trinajstić information content (AvgIpc) is 2.87. The van der Waals surface area contributed by atoms with E-state index in [1.165, 1.54) is 12.6 Å². The smallest absolute Gasteiger partial charge is 0.291 e. The van der Waals surface area contributed by atoms with E-state index in [1.54, 1.807) is 6.92 Å². The molecule has 1 aromatic rings. The molecule has 1 aliphatic rings. The molecule has 0 amide bonds. The molecule has 1 heterocycles. The number of halogens is 1. The minimum absolute atomic E-state index is 0.00933. The van der Waals surface area contributed by atoms with Crippen molar-refractivity contribution in [2.45, 2.75) is 26.2 Å². The van der Waals surface area contributed by atoms with Crippen molar-refractivity contribution in [1.82, 2.24) is 4.98 Å². The molecule has 2 atom stereocenters.